The highest BCUT2D eigenvalue weighted by atomic mass is 32.2. The fraction of sp³-hybridized carbons (Fsp3) is 0.450. The molecule has 0 saturated heterocycles. The Morgan fingerprint density at radius 3 is 2.56 bits per heavy atom. The molecule has 0 heterocycles. The van der Waals surface area contributed by atoms with Gasteiger partial charge in [-0.05, 0) is 43.0 Å². The largest absolute Gasteiger partial charge is 0.465 e. The number of carbonyl (C=O) groups excluding carboxylic acids is 1. The van der Waals surface area contributed by atoms with Crippen LogP contribution >= 0.6 is 19.6 Å². The number of benzene rings is 2. The molecule has 0 aliphatic heterocycles. The highest BCUT2D eigenvalue weighted by molar-refractivity contribution is 8.04. The van der Waals surface area contributed by atoms with Gasteiger partial charge in [0.1, 0.15) is 13.0 Å². The van der Waals surface area contributed by atoms with Crippen molar-refractivity contribution >= 4 is 36.3 Å². The van der Waals surface area contributed by atoms with Crippen LogP contribution < -0.4 is 0 Å². The molecular weight excluding hydrogens is 351 g/mol. The van der Waals surface area contributed by atoms with Gasteiger partial charge in [-0.3, -0.25) is 4.79 Å². The van der Waals surface area contributed by atoms with Crippen LogP contribution in [0.4, 0.5) is 0 Å². The van der Waals surface area contributed by atoms with Crippen molar-refractivity contribution in [3.05, 3.63) is 42.5 Å². The number of thioether (sulfide) groups is 1. The van der Waals surface area contributed by atoms with Crippen LogP contribution in [0, 0.1) is 5.92 Å². The van der Waals surface area contributed by atoms with E-state index in [1.54, 1.807) is 25.6 Å². The van der Waals surface area contributed by atoms with E-state index in [1.807, 2.05) is 38.1 Å². The molecule has 2 unspecified atom stereocenters. The number of rotatable bonds is 8. The normalized spacial score (nSPS) is 15.1. The van der Waals surface area contributed by atoms with Crippen LogP contribution in [0.2, 0.25) is 0 Å². The Morgan fingerprint density at radius 2 is 1.88 bits per heavy atom. The summed E-state index contributed by atoms with van der Waals surface area (Å²) in [7, 11) is -2.17. The predicted octanol–water partition coefficient (Wildman–Crippen LogP) is 5.82. The zero-order chi connectivity index (χ0) is 18.4. The molecule has 2 aromatic carbocycles. The quantitative estimate of drug-likeness (QED) is 0.330. The predicted molar refractivity (Wildman–Crippen MR) is 108 cm³/mol. The van der Waals surface area contributed by atoms with Crippen LogP contribution in [-0.4, -0.2) is 23.2 Å². The highest BCUT2D eigenvalue weighted by Gasteiger charge is 2.41. The molecule has 0 spiro atoms. The lowest BCUT2D eigenvalue weighted by Gasteiger charge is -2.28. The Bertz CT molecular complexity index is 754. The third kappa shape index (κ3) is 4.89. The Kier molecular flexibility index (Phi) is 7.15. The van der Waals surface area contributed by atoms with Crippen LogP contribution in [0.25, 0.3) is 10.8 Å². The minimum absolute atomic E-state index is 0.283. The maximum atomic E-state index is 13.1. The molecule has 0 fully saturated rings. The number of ether oxygens (including phenoxy) is 1. The summed E-state index contributed by atoms with van der Waals surface area (Å²) >= 11 is 1.57. The molecule has 0 radical (unpaired) electrons. The molecule has 3 nitrogen and oxygen atoms in total. The van der Waals surface area contributed by atoms with Gasteiger partial charge in [0.2, 0.25) is 0 Å². The Balaban J connectivity index is 2.19. The van der Waals surface area contributed by atoms with Gasteiger partial charge >= 0.3 is 5.97 Å². The molecule has 2 rings (SSSR count). The molecule has 0 aromatic heterocycles. The molecule has 5 heteroatoms. The van der Waals surface area contributed by atoms with Gasteiger partial charge in [0, 0.05) is 4.90 Å². The molecule has 0 bridgehead atoms. The van der Waals surface area contributed by atoms with Crippen molar-refractivity contribution in [3.63, 3.8) is 0 Å². The van der Waals surface area contributed by atoms with Crippen LogP contribution in [0.15, 0.2) is 47.4 Å². The average Bonchev–Trinajstić information content (AvgIpc) is 2.59. The molecule has 2 aromatic rings. The van der Waals surface area contributed by atoms with E-state index in [-0.39, 0.29) is 11.9 Å². The minimum atomic E-state index is -2.17. The second kappa shape index (κ2) is 8.91. The van der Waals surface area contributed by atoms with E-state index in [9.17, 15) is 9.36 Å². The van der Waals surface area contributed by atoms with E-state index in [0.29, 0.717) is 18.5 Å². The molecule has 136 valence electrons. The second-order valence-corrected chi connectivity index (χ2v) is 10.7. The van der Waals surface area contributed by atoms with E-state index < -0.39 is 13.0 Å². The summed E-state index contributed by atoms with van der Waals surface area (Å²) < 4.78 is 18.3. The maximum Gasteiger partial charge on any atom is 0.319 e. The van der Waals surface area contributed by atoms with Crippen LogP contribution in [0.1, 0.15) is 34.1 Å². The topological polar surface area (TPSA) is 43.4 Å². The lowest BCUT2D eigenvalue weighted by atomic mass is 9.98. The minimum Gasteiger partial charge on any atom is -0.465 e. The van der Waals surface area contributed by atoms with Crippen molar-refractivity contribution in [1.29, 1.82) is 0 Å². The second-order valence-electron chi connectivity index (χ2n) is 6.84. The summed E-state index contributed by atoms with van der Waals surface area (Å²) in [5.74, 6) is -0.0444. The van der Waals surface area contributed by atoms with Gasteiger partial charge in [-0.1, -0.05) is 50.2 Å². The van der Waals surface area contributed by atoms with Gasteiger partial charge in [0.25, 0.3) is 0 Å². The molecule has 0 amide bonds. The molecular formula is C20H27O3PS. The summed E-state index contributed by atoms with van der Waals surface area (Å²) in [4.78, 5) is 13.6. The first-order chi connectivity index (χ1) is 11.9. The zero-order valence-electron chi connectivity index (χ0n) is 15.4. The van der Waals surface area contributed by atoms with Gasteiger partial charge in [-0.15, -0.1) is 11.8 Å². The first-order valence-corrected chi connectivity index (χ1v) is 11.3. The van der Waals surface area contributed by atoms with Crippen molar-refractivity contribution in [2.45, 2.75) is 44.2 Å². The standard InChI is InChI=1S/C20H27O3PS/c1-5-23-19(21)20(4,13-15(2)3)24(22)14-25-18-12-8-10-16-9-6-7-11-17(16)18/h6-12,15,24H,5,13-14H2,1-4H3. The third-order valence-electron chi connectivity index (χ3n) is 4.27. The van der Waals surface area contributed by atoms with Gasteiger partial charge in [0.05, 0.1) is 12.1 Å². The summed E-state index contributed by atoms with van der Waals surface area (Å²) in [6, 6.07) is 14.3. The van der Waals surface area contributed by atoms with E-state index in [2.05, 4.69) is 18.2 Å². The van der Waals surface area contributed by atoms with E-state index in [4.69, 9.17) is 4.74 Å². The Labute approximate surface area is 155 Å². The summed E-state index contributed by atoms with van der Waals surface area (Å²) in [5, 5.41) is 1.43. The van der Waals surface area contributed by atoms with Crippen molar-refractivity contribution < 1.29 is 14.1 Å². The van der Waals surface area contributed by atoms with Gasteiger partial charge in [-0.25, -0.2) is 0 Å². The van der Waals surface area contributed by atoms with E-state index in [1.165, 1.54) is 5.39 Å². The fourth-order valence-electron chi connectivity index (χ4n) is 3.04. The smallest absolute Gasteiger partial charge is 0.319 e. The molecule has 0 saturated carbocycles. The van der Waals surface area contributed by atoms with Gasteiger partial charge < -0.3 is 9.30 Å². The zero-order valence-corrected chi connectivity index (χ0v) is 17.2. The first-order valence-electron chi connectivity index (χ1n) is 8.69. The first kappa shape index (κ1) is 20.1. The van der Waals surface area contributed by atoms with Crippen LogP contribution in [0.5, 0.6) is 0 Å². The van der Waals surface area contributed by atoms with Crippen molar-refractivity contribution in [2.75, 3.05) is 12.1 Å². The molecule has 0 aliphatic rings. The van der Waals surface area contributed by atoms with Gasteiger partial charge in [-0.2, -0.15) is 0 Å². The van der Waals surface area contributed by atoms with E-state index in [0.717, 1.165) is 10.3 Å². The van der Waals surface area contributed by atoms with Crippen molar-refractivity contribution in [1.82, 2.24) is 0 Å². The molecule has 2 atom stereocenters. The van der Waals surface area contributed by atoms with Crippen LogP contribution in [0.3, 0.4) is 0 Å². The lowest BCUT2D eigenvalue weighted by molar-refractivity contribution is -0.146. The summed E-state index contributed by atoms with van der Waals surface area (Å²) in [6.07, 6.45) is 0.583. The molecule has 0 N–H and O–H groups in total. The Morgan fingerprint density at radius 1 is 1.20 bits per heavy atom. The lowest BCUT2D eigenvalue weighted by Crippen LogP contribution is -2.35. The average molecular weight is 378 g/mol. The fourth-order valence-corrected chi connectivity index (χ4v) is 6.91. The third-order valence-corrected chi connectivity index (χ3v) is 8.20. The highest BCUT2D eigenvalue weighted by Crippen LogP contribution is 2.48. The molecule has 0 aliphatic carbocycles. The number of hydrogen-bond donors (Lipinski definition) is 0. The van der Waals surface area contributed by atoms with Crippen molar-refractivity contribution in [2.24, 2.45) is 5.92 Å². The summed E-state index contributed by atoms with van der Waals surface area (Å²) in [5.41, 5.74) is 0.445. The number of esters is 1. The maximum absolute atomic E-state index is 13.1. The number of hydrogen-bond acceptors (Lipinski definition) is 4. The van der Waals surface area contributed by atoms with Crippen LogP contribution in [-0.2, 0) is 14.1 Å². The number of carbonyl (C=O) groups is 1. The van der Waals surface area contributed by atoms with E-state index >= 15 is 0 Å². The SMILES string of the molecule is CCOC(=O)C(C)(CC(C)C)[PH](=O)CSc1cccc2ccccc12. The number of fused-ring (bicyclic) bond motifs is 1. The van der Waals surface area contributed by atoms with Gasteiger partial charge in [0.15, 0.2) is 0 Å². The monoisotopic (exact) mass is 378 g/mol. The Hall–Kier alpha value is -1.25. The molecule has 25 heavy (non-hydrogen) atoms. The van der Waals surface area contributed by atoms with Crippen molar-refractivity contribution in [3.8, 4) is 0 Å². The summed E-state index contributed by atoms with van der Waals surface area (Å²) in [6.45, 7) is 8.00.